The Hall–Kier alpha value is -2.02. The number of non-ortho nitro benzene ring substituents is 1. The van der Waals surface area contributed by atoms with Crippen LogP contribution >= 0.6 is 11.6 Å². The Labute approximate surface area is 134 Å². The van der Waals surface area contributed by atoms with Crippen LogP contribution in [0.5, 0.6) is 0 Å². The lowest BCUT2D eigenvalue weighted by Crippen LogP contribution is -2.33. The molecule has 0 aromatic heterocycles. The Morgan fingerprint density at radius 3 is 2.64 bits per heavy atom. The summed E-state index contributed by atoms with van der Waals surface area (Å²) < 4.78 is 5.10. The zero-order chi connectivity index (χ0) is 16.8. The van der Waals surface area contributed by atoms with E-state index in [9.17, 15) is 14.9 Å². The normalized spacial score (nSPS) is 10.9. The van der Waals surface area contributed by atoms with E-state index in [-0.39, 0.29) is 5.69 Å². The summed E-state index contributed by atoms with van der Waals surface area (Å²) in [4.78, 5) is 21.6. The van der Waals surface area contributed by atoms with Gasteiger partial charge >= 0.3 is 6.09 Å². The number of hydrogen-bond donors (Lipinski definition) is 2. The minimum absolute atomic E-state index is 0.0289. The van der Waals surface area contributed by atoms with Crippen LogP contribution in [-0.2, 0) is 4.74 Å². The van der Waals surface area contributed by atoms with Gasteiger partial charge in [-0.2, -0.15) is 0 Å². The molecule has 0 spiro atoms. The van der Waals surface area contributed by atoms with E-state index in [1.807, 2.05) is 0 Å². The maximum atomic E-state index is 11.4. The summed E-state index contributed by atoms with van der Waals surface area (Å²) in [5.41, 5.74) is -0.0642. The first-order valence-electron chi connectivity index (χ1n) is 6.84. The molecule has 122 valence electrons. The zero-order valence-corrected chi connectivity index (χ0v) is 13.6. The molecule has 0 heterocycles. The number of nitro benzene ring substituents is 1. The smallest absolute Gasteiger partial charge is 0.407 e. The molecular formula is C14H20ClN3O4. The Morgan fingerprint density at radius 1 is 1.36 bits per heavy atom. The number of halogens is 1. The third-order valence-corrected chi connectivity index (χ3v) is 2.83. The summed E-state index contributed by atoms with van der Waals surface area (Å²) in [7, 11) is 0. The lowest BCUT2D eigenvalue weighted by Gasteiger charge is -2.19. The Morgan fingerprint density at radius 2 is 2.05 bits per heavy atom. The number of carbonyl (C=O) groups excluding carboxylic acids is 1. The molecule has 0 saturated heterocycles. The maximum Gasteiger partial charge on any atom is 0.407 e. The van der Waals surface area contributed by atoms with Gasteiger partial charge < -0.3 is 15.4 Å². The molecule has 1 aromatic carbocycles. The molecule has 1 amide bonds. The fraction of sp³-hybridized carbons (Fsp3) is 0.500. The highest BCUT2D eigenvalue weighted by molar-refractivity contribution is 6.33. The van der Waals surface area contributed by atoms with Gasteiger partial charge in [-0.25, -0.2) is 4.79 Å². The van der Waals surface area contributed by atoms with Crippen molar-refractivity contribution >= 4 is 29.1 Å². The molecule has 7 nitrogen and oxygen atoms in total. The third-order valence-electron chi connectivity index (χ3n) is 2.50. The number of amides is 1. The quantitative estimate of drug-likeness (QED) is 0.472. The molecule has 0 bridgehead atoms. The highest BCUT2D eigenvalue weighted by atomic mass is 35.5. The van der Waals surface area contributed by atoms with Gasteiger partial charge in [0.25, 0.3) is 5.69 Å². The topological polar surface area (TPSA) is 93.5 Å². The van der Waals surface area contributed by atoms with E-state index in [1.165, 1.54) is 18.2 Å². The van der Waals surface area contributed by atoms with Crippen molar-refractivity contribution in [3.05, 3.63) is 33.3 Å². The van der Waals surface area contributed by atoms with Crippen molar-refractivity contribution in [1.82, 2.24) is 5.32 Å². The summed E-state index contributed by atoms with van der Waals surface area (Å²) in [5, 5.41) is 16.7. The van der Waals surface area contributed by atoms with E-state index in [2.05, 4.69) is 10.6 Å². The van der Waals surface area contributed by atoms with Crippen LogP contribution in [0.3, 0.4) is 0 Å². The molecule has 0 aliphatic rings. The minimum atomic E-state index is -0.529. The fourth-order valence-corrected chi connectivity index (χ4v) is 1.76. The number of benzene rings is 1. The first-order valence-corrected chi connectivity index (χ1v) is 7.21. The number of hydrogen-bond acceptors (Lipinski definition) is 5. The summed E-state index contributed by atoms with van der Waals surface area (Å²) in [5.74, 6) is 0. The van der Waals surface area contributed by atoms with Gasteiger partial charge in [0.05, 0.1) is 15.6 Å². The minimum Gasteiger partial charge on any atom is -0.444 e. The van der Waals surface area contributed by atoms with E-state index in [0.717, 1.165) is 0 Å². The van der Waals surface area contributed by atoms with E-state index in [0.29, 0.717) is 30.2 Å². The van der Waals surface area contributed by atoms with Crippen molar-refractivity contribution in [2.24, 2.45) is 0 Å². The fourth-order valence-electron chi connectivity index (χ4n) is 1.58. The number of rotatable bonds is 6. The predicted octanol–water partition coefficient (Wildman–Crippen LogP) is 3.57. The molecule has 22 heavy (non-hydrogen) atoms. The van der Waals surface area contributed by atoms with Gasteiger partial charge in [-0.1, -0.05) is 11.6 Å². The van der Waals surface area contributed by atoms with Crippen LogP contribution < -0.4 is 10.6 Å². The molecule has 1 aromatic rings. The van der Waals surface area contributed by atoms with Crippen molar-refractivity contribution < 1.29 is 14.5 Å². The zero-order valence-electron chi connectivity index (χ0n) is 12.8. The molecule has 0 atom stereocenters. The number of anilines is 1. The molecule has 0 fully saturated rings. The highest BCUT2D eigenvalue weighted by Crippen LogP contribution is 2.26. The number of alkyl carbamates (subject to hydrolysis) is 1. The molecule has 0 radical (unpaired) electrons. The monoisotopic (exact) mass is 329 g/mol. The average Bonchev–Trinajstić information content (AvgIpc) is 2.37. The number of nitrogens with one attached hydrogen (secondary N) is 2. The van der Waals surface area contributed by atoms with E-state index in [1.54, 1.807) is 20.8 Å². The van der Waals surface area contributed by atoms with E-state index >= 15 is 0 Å². The van der Waals surface area contributed by atoms with Gasteiger partial charge in [-0.05, 0) is 33.3 Å². The summed E-state index contributed by atoms with van der Waals surface area (Å²) >= 11 is 5.96. The average molecular weight is 330 g/mol. The van der Waals surface area contributed by atoms with Crippen LogP contribution in [0.4, 0.5) is 16.2 Å². The predicted molar refractivity (Wildman–Crippen MR) is 85.4 cm³/mol. The van der Waals surface area contributed by atoms with Crippen LogP contribution in [0.25, 0.3) is 0 Å². The van der Waals surface area contributed by atoms with Gasteiger partial charge in [0.15, 0.2) is 0 Å². The van der Waals surface area contributed by atoms with Crippen LogP contribution in [0, 0.1) is 10.1 Å². The molecule has 0 aliphatic carbocycles. The van der Waals surface area contributed by atoms with Crippen LogP contribution in [-0.4, -0.2) is 29.7 Å². The second-order valence-electron chi connectivity index (χ2n) is 5.63. The number of ether oxygens (including phenoxy) is 1. The first kappa shape index (κ1) is 18.0. The second kappa shape index (κ2) is 7.84. The van der Waals surface area contributed by atoms with Crippen molar-refractivity contribution in [3.63, 3.8) is 0 Å². The van der Waals surface area contributed by atoms with Crippen LogP contribution in [0.2, 0.25) is 5.02 Å². The molecule has 0 aliphatic heterocycles. The number of nitrogens with zero attached hydrogens (tertiary/aromatic N) is 1. The van der Waals surface area contributed by atoms with Gasteiger partial charge in [0.2, 0.25) is 0 Å². The third kappa shape index (κ3) is 6.62. The van der Waals surface area contributed by atoms with E-state index in [4.69, 9.17) is 16.3 Å². The highest BCUT2D eigenvalue weighted by Gasteiger charge is 2.15. The molecule has 8 heteroatoms. The summed E-state index contributed by atoms with van der Waals surface area (Å²) in [6.07, 6.45) is 0.152. The second-order valence-corrected chi connectivity index (χ2v) is 6.04. The maximum absolute atomic E-state index is 11.4. The lowest BCUT2D eigenvalue weighted by molar-refractivity contribution is -0.384. The molecule has 2 N–H and O–H groups in total. The summed E-state index contributed by atoms with van der Waals surface area (Å²) in [6, 6.07) is 4.20. The summed E-state index contributed by atoms with van der Waals surface area (Å²) in [6.45, 7) is 6.31. The molecule has 0 saturated carbocycles. The van der Waals surface area contributed by atoms with Crippen molar-refractivity contribution in [2.45, 2.75) is 32.8 Å². The Bertz CT molecular complexity index is 543. The Balaban J connectivity index is 2.35. The number of carbonyl (C=O) groups is 1. The van der Waals surface area contributed by atoms with Crippen molar-refractivity contribution in [2.75, 3.05) is 18.4 Å². The van der Waals surface area contributed by atoms with Gasteiger partial charge in [-0.3, -0.25) is 10.1 Å². The van der Waals surface area contributed by atoms with Crippen LogP contribution in [0.15, 0.2) is 18.2 Å². The van der Waals surface area contributed by atoms with Crippen LogP contribution in [0.1, 0.15) is 27.2 Å². The van der Waals surface area contributed by atoms with Crippen molar-refractivity contribution in [3.8, 4) is 0 Å². The number of nitro groups is 1. The van der Waals surface area contributed by atoms with Gasteiger partial charge in [0.1, 0.15) is 5.60 Å². The van der Waals surface area contributed by atoms with Gasteiger partial charge in [0, 0.05) is 25.2 Å². The standard InChI is InChI=1S/C14H20ClN3O4/c1-14(2,3)22-13(19)17-8-4-7-16-12-9-10(18(20)21)5-6-11(12)15/h5-6,9,16H,4,7-8H2,1-3H3,(H,17,19). The van der Waals surface area contributed by atoms with E-state index < -0.39 is 16.6 Å². The Kier molecular flexibility index (Phi) is 6.42. The van der Waals surface area contributed by atoms with Gasteiger partial charge in [-0.15, -0.1) is 0 Å². The molecular weight excluding hydrogens is 310 g/mol. The largest absolute Gasteiger partial charge is 0.444 e. The molecule has 0 unspecified atom stereocenters. The lowest BCUT2D eigenvalue weighted by atomic mass is 10.2. The van der Waals surface area contributed by atoms with Crippen molar-refractivity contribution in [1.29, 1.82) is 0 Å². The SMILES string of the molecule is CC(C)(C)OC(=O)NCCCNc1cc([N+](=O)[O-])ccc1Cl. The first-order chi connectivity index (χ1) is 10.2. The molecule has 1 rings (SSSR count).